The minimum atomic E-state index is -0.509. The molecule has 1 aliphatic carbocycles. The van der Waals surface area contributed by atoms with E-state index >= 15 is 0 Å². The number of esters is 1. The Labute approximate surface area is 296 Å². The largest absolute Gasteiger partial charge is 0.462 e. The van der Waals surface area contributed by atoms with E-state index in [1.54, 1.807) is 62.4 Å². The lowest BCUT2D eigenvalue weighted by Crippen LogP contribution is -2.30. The standard InChI is InChI=1S/C37H36BrN3O5S2/c1-3-46-37(45)32-29-18-8-5-9-19-31(29)48-36(32)41-33(42)23(2)47-28-17-11-16-27(22-28)39-35(44)30(21-24-12-10-15-26(38)20-24)40-34(43)25-13-6-4-7-14-25/h4,6-7,10-17,20-23H,3,5,8-9,18-19H2,1-2H3,(H,39,44)(H,40,43)(H,41,42)/b30-21+. The number of hydrogen-bond donors (Lipinski definition) is 3. The lowest BCUT2D eigenvalue weighted by molar-refractivity contribution is -0.115. The first kappa shape index (κ1) is 35.1. The van der Waals surface area contributed by atoms with Gasteiger partial charge in [0.25, 0.3) is 11.8 Å². The van der Waals surface area contributed by atoms with E-state index in [1.807, 2.05) is 36.4 Å². The van der Waals surface area contributed by atoms with Gasteiger partial charge in [-0.25, -0.2) is 4.79 Å². The van der Waals surface area contributed by atoms with E-state index in [0.29, 0.717) is 21.8 Å². The van der Waals surface area contributed by atoms with Gasteiger partial charge in [0.05, 0.1) is 17.4 Å². The van der Waals surface area contributed by atoms with Crippen LogP contribution >= 0.6 is 39.0 Å². The Morgan fingerprint density at radius 3 is 2.48 bits per heavy atom. The van der Waals surface area contributed by atoms with E-state index in [4.69, 9.17) is 4.74 Å². The molecule has 48 heavy (non-hydrogen) atoms. The summed E-state index contributed by atoms with van der Waals surface area (Å²) in [5.74, 6) is -1.55. The van der Waals surface area contributed by atoms with E-state index in [-0.39, 0.29) is 18.2 Å². The number of anilines is 2. The van der Waals surface area contributed by atoms with Crippen LogP contribution in [-0.4, -0.2) is 35.5 Å². The number of aryl methyl sites for hydroxylation is 1. The molecule has 8 nitrogen and oxygen atoms in total. The number of amides is 3. The van der Waals surface area contributed by atoms with Gasteiger partial charge in [-0.15, -0.1) is 23.1 Å². The summed E-state index contributed by atoms with van der Waals surface area (Å²) in [6.45, 7) is 3.83. The zero-order chi connectivity index (χ0) is 34.0. The van der Waals surface area contributed by atoms with E-state index in [9.17, 15) is 19.2 Å². The van der Waals surface area contributed by atoms with Crippen LogP contribution < -0.4 is 16.0 Å². The Morgan fingerprint density at radius 1 is 0.938 bits per heavy atom. The summed E-state index contributed by atoms with van der Waals surface area (Å²) in [5, 5.41) is 8.68. The highest BCUT2D eigenvalue weighted by molar-refractivity contribution is 9.10. The Kier molecular flexibility index (Phi) is 12.3. The first-order chi connectivity index (χ1) is 23.2. The molecule has 0 radical (unpaired) electrons. The lowest BCUT2D eigenvalue weighted by Gasteiger charge is -2.14. The van der Waals surface area contributed by atoms with Gasteiger partial charge in [0.2, 0.25) is 5.91 Å². The molecule has 0 bridgehead atoms. The van der Waals surface area contributed by atoms with Crippen LogP contribution in [0.15, 0.2) is 93.9 Å². The van der Waals surface area contributed by atoms with Gasteiger partial charge in [-0.1, -0.05) is 58.7 Å². The molecule has 0 fully saturated rings. The number of fused-ring (bicyclic) bond motifs is 1. The van der Waals surface area contributed by atoms with Gasteiger partial charge in [0.15, 0.2) is 0 Å². The van der Waals surface area contributed by atoms with Gasteiger partial charge in [0.1, 0.15) is 10.7 Å². The maximum atomic E-state index is 13.5. The van der Waals surface area contributed by atoms with Crippen molar-refractivity contribution >= 4 is 79.5 Å². The van der Waals surface area contributed by atoms with Crippen molar-refractivity contribution in [2.45, 2.75) is 56.1 Å². The molecule has 0 aliphatic heterocycles. The van der Waals surface area contributed by atoms with E-state index in [1.165, 1.54) is 23.1 Å². The van der Waals surface area contributed by atoms with E-state index in [2.05, 4.69) is 31.9 Å². The Bertz CT molecular complexity index is 1840. The number of halogens is 1. The maximum absolute atomic E-state index is 13.5. The van der Waals surface area contributed by atoms with E-state index in [0.717, 1.165) is 57.5 Å². The fourth-order valence-corrected chi connectivity index (χ4v) is 7.90. The predicted octanol–water partition coefficient (Wildman–Crippen LogP) is 8.49. The van der Waals surface area contributed by atoms with Crippen molar-refractivity contribution in [1.29, 1.82) is 0 Å². The van der Waals surface area contributed by atoms with Crippen LogP contribution in [0.1, 0.15) is 69.8 Å². The van der Waals surface area contributed by atoms with Crippen LogP contribution in [0.4, 0.5) is 10.7 Å². The summed E-state index contributed by atoms with van der Waals surface area (Å²) < 4.78 is 6.20. The molecular formula is C37H36BrN3O5S2. The summed E-state index contributed by atoms with van der Waals surface area (Å²) in [6.07, 6.45) is 6.48. The molecule has 1 heterocycles. The second-order valence-corrected chi connectivity index (χ2v) is 14.6. The van der Waals surface area contributed by atoms with Gasteiger partial charge >= 0.3 is 5.97 Å². The molecule has 3 N–H and O–H groups in total. The molecule has 1 aromatic heterocycles. The molecule has 0 saturated heterocycles. The molecule has 3 aromatic carbocycles. The molecule has 3 amide bonds. The summed E-state index contributed by atoms with van der Waals surface area (Å²) in [6, 6.07) is 23.2. The zero-order valence-electron chi connectivity index (χ0n) is 26.6. The molecule has 11 heteroatoms. The Balaban J connectivity index is 1.29. The minimum Gasteiger partial charge on any atom is -0.462 e. The topological polar surface area (TPSA) is 114 Å². The fraction of sp³-hybridized carbons (Fsp3) is 0.243. The quantitative estimate of drug-likeness (QED) is 0.0615. The summed E-state index contributed by atoms with van der Waals surface area (Å²) in [7, 11) is 0. The van der Waals surface area contributed by atoms with Crippen LogP contribution in [0.3, 0.4) is 0 Å². The summed E-state index contributed by atoms with van der Waals surface area (Å²) in [4.78, 5) is 54.8. The summed E-state index contributed by atoms with van der Waals surface area (Å²) >= 11 is 6.25. The van der Waals surface area contributed by atoms with Crippen molar-refractivity contribution in [3.8, 4) is 0 Å². The first-order valence-corrected chi connectivity index (χ1v) is 18.2. The van der Waals surface area contributed by atoms with Gasteiger partial charge in [-0.2, -0.15) is 0 Å². The summed E-state index contributed by atoms with van der Waals surface area (Å²) in [5.41, 5.74) is 3.20. The highest BCUT2D eigenvalue weighted by atomic mass is 79.9. The highest BCUT2D eigenvalue weighted by Gasteiger charge is 2.28. The molecule has 1 aliphatic rings. The number of carbonyl (C=O) groups is 4. The molecule has 0 spiro atoms. The molecule has 5 rings (SSSR count). The molecular weight excluding hydrogens is 710 g/mol. The first-order valence-electron chi connectivity index (χ1n) is 15.8. The van der Waals surface area contributed by atoms with Crippen LogP contribution in [0.5, 0.6) is 0 Å². The van der Waals surface area contributed by atoms with Gasteiger partial charge in [0, 0.05) is 25.5 Å². The van der Waals surface area contributed by atoms with Crippen molar-refractivity contribution in [1.82, 2.24) is 5.32 Å². The number of thiophene rings is 1. The zero-order valence-corrected chi connectivity index (χ0v) is 29.9. The highest BCUT2D eigenvalue weighted by Crippen LogP contribution is 2.38. The van der Waals surface area contributed by atoms with E-state index < -0.39 is 23.0 Å². The van der Waals surface area contributed by atoms with Crippen LogP contribution in [0.2, 0.25) is 0 Å². The average molecular weight is 747 g/mol. The van der Waals surface area contributed by atoms with Gasteiger partial charge < -0.3 is 20.7 Å². The molecule has 4 aromatic rings. The number of benzene rings is 3. The smallest absolute Gasteiger partial charge is 0.341 e. The van der Waals surface area contributed by atoms with Crippen LogP contribution in [-0.2, 0) is 27.2 Å². The molecule has 1 atom stereocenters. The number of thioether (sulfide) groups is 1. The number of ether oxygens (including phenoxy) is 1. The third-order valence-corrected chi connectivity index (χ3v) is 10.4. The fourth-order valence-electron chi connectivity index (χ4n) is 5.27. The van der Waals surface area contributed by atoms with Crippen molar-refractivity contribution in [3.63, 3.8) is 0 Å². The minimum absolute atomic E-state index is 0.0690. The number of hydrogen-bond acceptors (Lipinski definition) is 7. The number of rotatable bonds is 11. The third kappa shape index (κ3) is 9.24. The molecule has 0 saturated carbocycles. The lowest BCUT2D eigenvalue weighted by atomic mass is 10.1. The maximum Gasteiger partial charge on any atom is 0.341 e. The number of carbonyl (C=O) groups excluding carboxylic acids is 4. The van der Waals surface area contributed by atoms with Crippen molar-refractivity contribution in [2.75, 3.05) is 17.2 Å². The molecule has 1 unspecified atom stereocenters. The Morgan fingerprint density at radius 2 is 1.71 bits per heavy atom. The monoisotopic (exact) mass is 745 g/mol. The molecule has 248 valence electrons. The number of nitrogens with one attached hydrogen (secondary N) is 3. The van der Waals surface area contributed by atoms with Crippen LogP contribution in [0, 0.1) is 0 Å². The Hall–Kier alpha value is -4.19. The second-order valence-electron chi connectivity index (χ2n) is 11.2. The van der Waals surface area contributed by atoms with Crippen molar-refractivity contribution < 1.29 is 23.9 Å². The third-order valence-electron chi connectivity index (χ3n) is 7.60. The van der Waals surface area contributed by atoms with Crippen LogP contribution in [0.25, 0.3) is 6.08 Å². The van der Waals surface area contributed by atoms with Crippen molar-refractivity contribution in [2.24, 2.45) is 0 Å². The van der Waals surface area contributed by atoms with Crippen molar-refractivity contribution in [3.05, 3.63) is 116 Å². The SMILES string of the molecule is CCOC(=O)c1c(NC(=O)C(C)Sc2cccc(NC(=O)/C(=C\c3cccc(Br)c3)NC(=O)c3ccccc3)c2)sc2c1CCCCC2. The van der Waals surface area contributed by atoms with Gasteiger partial charge in [-0.05, 0) is 99.2 Å². The second kappa shape index (κ2) is 16.8. The predicted molar refractivity (Wildman–Crippen MR) is 197 cm³/mol. The van der Waals surface area contributed by atoms with Gasteiger partial charge in [-0.3, -0.25) is 14.4 Å². The normalized spacial score (nSPS) is 13.4. The average Bonchev–Trinajstić information content (AvgIpc) is 3.24.